The molecule has 0 saturated carbocycles. The summed E-state index contributed by atoms with van der Waals surface area (Å²) in [7, 11) is 3.95. The zero-order chi connectivity index (χ0) is 17.1. The number of rotatable bonds is 3. The average molecular weight is 346 g/mol. The van der Waals surface area contributed by atoms with Crippen LogP contribution in [0.15, 0.2) is 36.5 Å². The van der Waals surface area contributed by atoms with E-state index < -0.39 is 0 Å². The zero-order valence-electron chi connectivity index (χ0n) is 13.8. The lowest BCUT2D eigenvalue weighted by Gasteiger charge is -2.35. The van der Waals surface area contributed by atoms with Crippen LogP contribution in [0.4, 0.5) is 11.5 Å². The van der Waals surface area contributed by atoms with Crippen molar-refractivity contribution in [3.8, 4) is 0 Å². The number of nitrogens with zero attached hydrogens (tertiary/aromatic N) is 5. The van der Waals surface area contributed by atoms with Crippen LogP contribution < -0.4 is 9.80 Å². The molecule has 0 bridgehead atoms. The quantitative estimate of drug-likeness (QED) is 0.853. The topological polar surface area (TPSA) is 52.6 Å². The third kappa shape index (κ3) is 3.43. The molecule has 0 atom stereocenters. The molecule has 1 amide bonds. The van der Waals surface area contributed by atoms with Gasteiger partial charge in [0, 0.05) is 46.3 Å². The van der Waals surface area contributed by atoms with Gasteiger partial charge in [-0.1, -0.05) is 23.7 Å². The van der Waals surface area contributed by atoms with Crippen LogP contribution in [0.3, 0.4) is 0 Å². The minimum absolute atomic E-state index is 0.0200. The van der Waals surface area contributed by atoms with Crippen LogP contribution in [-0.4, -0.2) is 61.3 Å². The maximum absolute atomic E-state index is 12.6. The van der Waals surface area contributed by atoms with Crippen molar-refractivity contribution >= 4 is 29.0 Å². The van der Waals surface area contributed by atoms with Crippen LogP contribution in [0.25, 0.3) is 0 Å². The van der Waals surface area contributed by atoms with Gasteiger partial charge in [0.2, 0.25) is 0 Å². The molecule has 1 aliphatic heterocycles. The fraction of sp³-hybridized carbons (Fsp3) is 0.353. The van der Waals surface area contributed by atoms with Gasteiger partial charge in [-0.3, -0.25) is 4.79 Å². The van der Waals surface area contributed by atoms with Gasteiger partial charge < -0.3 is 14.7 Å². The number of hydrogen-bond donors (Lipinski definition) is 0. The van der Waals surface area contributed by atoms with Crippen molar-refractivity contribution in [1.82, 2.24) is 15.1 Å². The second kappa shape index (κ2) is 7.05. The lowest BCUT2D eigenvalue weighted by Crippen LogP contribution is -2.49. The van der Waals surface area contributed by atoms with Crippen molar-refractivity contribution in [1.29, 1.82) is 0 Å². The van der Waals surface area contributed by atoms with E-state index in [1.165, 1.54) is 0 Å². The fourth-order valence-electron chi connectivity index (χ4n) is 2.69. The van der Waals surface area contributed by atoms with Gasteiger partial charge in [0.25, 0.3) is 5.91 Å². The van der Waals surface area contributed by atoms with E-state index in [-0.39, 0.29) is 5.91 Å². The van der Waals surface area contributed by atoms with Crippen molar-refractivity contribution in [2.45, 2.75) is 0 Å². The summed E-state index contributed by atoms with van der Waals surface area (Å²) in [5.74, 6) is 0.819. The molecule has 0 unspecified atom stereocenters. The average Bonchev–Trinajstić information content (AvgIpc) is 2.62. The third-order valence-corrected chi connectivity index (χ3v) is 4.47. The second-order valence-electron chi connectivity index (χ2n) is 5.93. The SMILES string of the molecule is CN(C)c1cnnc(N2CCN(C(=O)c3ccccc3Cl)CC2)c1. The highest BCUT2D eigenvalue weighted by Crippen LogP contribution is 2.21. The van der Waals surface area contributed by atoms with Gasteiger partial charge in [-0.2, -0.15) is 5.10 Å². The van der Waals surface area contributed by atoms with Crippen LogP contribution in [0.5, 0.6) is 0 Å². The van der Waals surface area contributed by atoms with Crippen molar-refractivity contribution in [3.05, 3.63) is 47.1 Å². The van der Waals surface area contributed by atoms with Gasteiger partial charge in [-0.25, -0.2) is 0 Å². The first kappa shape index (κ1) is 16.5. The molecule has 0 radical (unpaired) electrons. The first-order chi connectivity index (χ1) is 11.6. The van der Waals surface area contributed by atoms with Crippen LogP contribution in [0, 0.1) is 0 Å². The molecular formula is C17H20ClN5O. The summed E-state index contributed by atoms with van der Waals surface area (Å²) >= 11 is 6.13. The Morgan fingerprint density at radius 3 is 2.54 bits per heavy atom. The maximum atomic E-state index is 12.6. The molecule has 2 heterocycles. The van der Waals surface area contributed by atoms with Crippen LogP contribution in [0.1, 0.15) is 10.4 Å². The Morgan fingerprint density at radius 2 is 1.88 bits per heavy atom. The Hall–Kier alpha value is -2.34. The lowest BCUT2D eigenvalue weighted by molar-refractivity contribution is 0.0746. The monoisotopic (exact) mass is 345 g/mol. The highest BCUT2D eigenvalue weighted by atomic mass is 35.5. The Bertz CT molecular complexity index is 728. The van der Waals surface area contributed by atoms with E-state index in [0.717, 1.165) is 24.6 Å². The normalized spacial score (nSPS) is 14.6. The molecule has 126 valence electrons. The molecule has 3 rings (SSSR count). The third-order valence-electron chi connectivity index (χ3n) is 4.14. The van der Waals surface area contributed by atoms with Gasteiger partial charge in [0.05, 0.1) is 22.5 Å². The van der Waals surface area contributed by atoms with E-state index >= 15 is 0 Å². The molecule has 6 nitrogen and oxygen atoms in total. The summed E-state index contributed by atoms with van der Waals surface area (Å²) in [6, 6.07) is 9.18. The van der Waals surface area contributed by atoms with Gasteiger partial charge in [0.1, 0.15) is 0 Å². The number of halogens is 1. The molecule has 1 fully saturated rings. The molecule has 1 saturated heterocycles. The standard InChI is InChI=1S/C17H20ClN5O/c1-21(2)13-11-16(20-19-12-13)22-7-9-23(10-8-22)17(24)14-5-3-4-6-15(14)18/h3-6,11-12H,7-10H2,1-2H3. The molecule has 1 aliphatic rings. The summed E-state index contributed by atoms with van der Waals surface area (Å²) in [5.41, 5.74) is 1.57. The largest absolute Gasteiger partial charge is 0.376 e. The van der Waals surface area contributed by atoms with E-state index in [0.29, 0.717) is 23.7 Å². The first-order valence-electron chi connectivity index (χ1n) is 7.85. The Balaban J connectivity index is 1.67. The fourth-order valence-corrected chi connectivity index (χ4v) is 2.90. The highest BCUT2D eigenvalue weighted by Gasteiger charge is 2.24. The van der Waals surface area contributed by atoms with Gasteiger partial charge in [-0.15, -0.1) is 5.10 Å². The van der Waals surface area contributed by atoms with Crippen LogP contribution in [-0.2, 0) is 0 Å². The summed E-state index contributed by atoms with van der Waals surface area (Å²) in [4.78, 5) is 18.6. The summed E-state index contributed by atoms with van der Waals surface area (Å²) in [6.07, 6.45) is 1.74. The predicted octanol–water partition coefficient (Wildman–Crippen LogP) is 2.16. The minimum Gasteiger partial charge on any atom is -0.376 e. The smallest absolute Gasteiger partial charge is 0.255 e. The molecule has 0 spiro atoms. The molecule has 2 aromatic rings. The number of anilines is 2. The number of carbonyl (C=O) groups excluding carboxylic acids is 1. The van der Waals surface area contributed by atoms with E-state index in [2.05, 4.69) is 15.1 Å². The molecular weight excluding hydrogens is 326 g/mol. The summed E-state index contributed by atoms with van der Waals surface area (Å²) in [5, 5.41) is 8.77. The van der Waals surface area contributed by atoms with Crippen molar-refractivity contribution in [2.75, 3.05) is 50.1 Å². The molecule has 7 heteroatoms. The number of aromatic nitrogens is 2. The van der Waals surface area contributed by atoms with E-state index in [1.807, 2.05) is 42.1 Å². The predicted molar refractivity (Wildman–Crippen MR) is 95.9 cm³/mol. The van der Waals surface area contributed by atoms with E-state index in [1.54, 1.807) is 18.3 Å². The second-order valence-corrected chi connectivity index (χ2v) is 6.33. The number of carbonyl (C=O) groups is 1. The maximum Gasteiger partial charge on any atom is 0.255 e. The first-order valence-corrected chi connectivity index (χ1v) is 8.23. The van der Waals surface area contributed by atoms with Crippen LogP contribution >= 0.6 is 11.6 Å². The van der Waals surface area contributed by atoms with Crippen LogP contribution in [0.2, 0.25) is 5.02 Å². The molecule has 0 aliphatic carbocycles. The molecule has 1 aromatic carbocycles. The molecule has 1 aromatic heterocycles. The number of benzene rings is 1. The van der Waals surface area contributed by atoms with E-state index in [9.17, 15) is 4.79 Å². The Kier molecular flexibility index (Phi) is 4.85. The minimum atomic E-state index is -0.0200. The van der Waals surface area contributed by atoms with Gasteiger partial charge >= 0.3 is 0 Å². The Labute approximate surface area is 146 Å². The van der Waals surface area contributed by atoms with Crippen molar-refractivity contribution in [2.24, 2.45) is 0 Å². The van der Waals surface area contributed by atoms with Crippen molar-refractivity contribution in [3.63, 3.8) is 0 Å². The van der Waals surface area contributed by atoms with Crippen molar-refractivity contribution < 1.29 is 4.79 Å². The summed E-state index contributed by atoms with van der Waals surface area (Å²) in [6.45, 7) is 2.72. The Morgan fingerprint density at radius 1 is 1.17 bits per heavy atom. The van der Waals surface area contributed by atoms with Gasteiger partial charge in [-0.05, 0) is 12.1 Å². The number of piperazine rings is 1. The lowest BCUT2D eigenvalue weighted by atomic mass is 10.2. The molecule has 24 heavy (non-hydrogen) atoms. The number of hydrogen-bond acceptors (Lipinski definition) is 5. The summed E-state index contributed by atoms with van der Waals surface area (Å²) < 4.78 is 0. The highest BCUT2D eigenvalue weighted by molar-refractivity contribution is 6.33. The van der Waals surface area contributed by atoms with E-state index in [4.69, 9.17) is 11.6 Å². The van der Waals surface area contributed by atoms with Gasteiger partial charge in [0.15, 0.2) is 5.82 Å². The number of amides is 1. The molecule has 0 N–H and O–H groups in total. The zero-order valence-corrected chi connectivity index (χ0v) is 14.6.